The summed E-state index contributed by atoms with van der Waals surface area (Å²) in [5, 5.41) is 0. The van der Waals surface area contributed by atoms with E-state index in [9.17, 15) is 4.39 Å². The van der Waals surface area contributed by atoms with Crippen LogP contribution < -0.4 is 19.9 Å². The number of rotatable bonds is 3. The zero-order valence-electron chi connectivity index (χ0n) is 11.0. The van der Waals surface area contributed by atoms with Crippen LogP contribution in [0.4, 0.5) is 4.39 Å². The maximum absolute atomic E-state index is 14.5. The predicted molar refractivity (Wildman–Crippen MR) is 68.5 cm³/mol. The molecule has 1 fully saturated rings. The van der Waals surface area contributed by atoms with Gasteiger partial charge < -0.3 is 19.9 Å². The van der Waals surface area contributed by atoms with Crippen LogP contribution in [-0.2, 0) is 5.41 Å². The van der Waals surface area contributed by atoms with Gasteiger partial charge in [0.25, 0.3) is 0 Å². The summed E-state index contributed by atoms with van der Waals surface area (Å²) >= 11 is 0. The lowest BCUT2D eigenvalue weighted by Crippen LogP contribution is -2.42. The van der Waals surface area contributed by atoms with Crippen LogP contribution in [0, 0.1) is 5.82 Å². The van der Waals surface area contributed by atoms with E-state index in [4.69, 9.17) is 19.9 Å². The van der Waals surface area contributed by atoms with Gasteiger partial charge in [0.15, 0.2) is 11.5 Å². The minimum Gasteiger partial charge on any atom is -0.493 e. The molecule has 1 heterocycles. The monoisotopic (exact) mass is 267 g/mol. The van der Waals surface area contributed by atoms with Crippen LogP contribution >= 0.6 is 0 Å². The van der Waals surface area contributed by atoms with Crippen molar-refractivity contribution in [2.75, 3.05) is 26.9 Å². The molecule has 4 nitrogen and oxygen atoms in total. The summed E-state index contributed by atoms with van der Waals surface area (Å²) in [6.45, 7) is 1.28. The number of benzene rings is 1. The Morgan fingerprint density at radius 3 is 2.68 bits per heavy atom. The molecule has 2 N–H and O–H groups in total. The summed E-state index contributed by atoms with van der Waals surface area (Å²) in [5.41, 5.74) is 6.53. The molecule has 0 unspecified atom stereocenters. The van der Waals surface area contributed by atoms with Crippen LogP contribution in [0.1, 0.15) is 24.8 Å². The number of halogens is 1. The normalized spacial score (nSPS) is 19.7. The van der Waals surface area contributed by atoms with Gasteiger partial charge in [-0.3, -0.25) is 0 Å². The van der Waals surface area contributed by atoms with Crippen LogP contribution in [0.5, 0.6) is 17.2 Å². The van der Waals surface area contributed by atoms with E-state index >= 15 is 0 Å². The van der Waals surface area contributed by atoms with E-state index in [2.05, 4.69) is 0 Å². The number of hydrogen-bond acceptors (Lipinski definition) is 4. The molecule has 1 aromatic carbocycles. The molecule has 19 heavy (non-hydrogen) atoms. The van der Waals surface area contributed by atoms with E-state index in [-0.39, 0.29) is 16.9 Å². The molecule has 1 aromatic rings. The number of ether oxygens (including phenoxy) is 3. The maximum atomic E-state index is 14.5. The molecular weight excluding hydrogens is 249 g/mol. The Morgan fingerprint density at radius 1 is 1.37 bits per heavy atom. The maximum Gasteiger partial charge on any atom is 0.211 e. The van der Waals surface area contributed by atoms with Gasteiger partial charge in [-0.2, -0.15) is 4.39 Å². The lowest BCUT2D eigenvalue weighted by molar-refractivity contribution is 0.159. The van der Waals surface area contributed by atoms with Gasteiger partial charge in [0, 0.05) is 17.5 Å². The number of hydrogen-bond donors (Lipinski definition) is 1. The third-order valence-corrected chi connectivity index (χ3v) is 4.21. The van der Waals surface area contributed by atoms with Crippen molar-refractivity contribution in [3.63, 3.8) is 0 Å². The van der Waals surface area contributed by atoms with E-state index in [0.717, 1.165) is 24.8 Å². The molecule has 1 aliphatic heterocycles. The van der Waals surface area contributed by atoms with Crippen molar-refractivity contribution >= 4 is 0 Å². The first-order valence-electron chi connectivity index (χ1n) is 6.58. The largest absolute Gasteiger partial charge is 0.493 e. The average molecular weight is 267 g/mol. The number of fused-ring (bicyclic) bond motifs is 1. The Kier molecular flexibility index (Phi) is 3.01. The van der Waals surface area contributed by atoms with Gasteiger partial charge in [0.2, 0.25) is 11.6 Å². The fourth-order valence-corrected chi connectivity index (χ4v) is 2.91. The zero-order chi connectivity index (χ0) is 13.5. The average Bonchev–Trinajstić information content (AvgIpc) is 2.39. The molecular formula is C14H18FNO3. The van der Waals surface area contributed by atoms with Crippen LogP contribution in [0.25, 0.3) is 0 Å². The van der Waals surface area contributed by atoms with Gasteiger partial charge in [-0.1, -0.05) is 6.42 Å². The van der Waals surface area contributed by atoms with Crippen LogP contribution in [-0.4, -0.2) is 26.9 Å². The predicted octanol–water partition coefficient (Wildman–Crippen LogP) is 1.99. The molecule has 0 aromatic heterocycles. The lowest BCUT2D eigenvalue weighted by atomic mass is 9.64. The van der Waals surface area contributed by atoms with Crippen LogP contribution in [0.2, 0.25) is 0 Å². The molecule has 1 aliphatic carbocycles. The zero-order valence-corrected chi connectivity index (χ0v) is 11.0. The van der Waals surface area contributed by atoms with E-state index in [1.807, 2.05) is 6.07 Å². The Balaban J connectivity index is 2.15. The quantitative estimate of drug-likeness (QED) is 0.910. The Hall–Kier alpha value is -1.49. The first kappa shape index (κ1) is 12.5. The third-order valence-electron chi connectivity index (χ3n) is 4.21. The summed E-state index contributed by atoms with van der Waals surface area (Å²) in [5.74, 6) is 0.376. The molecule has 0 amide bonds. The fourth-order valence-electron chi connectivity index (χ4n) is 2.91. The summed E-state index contributed by atoms with van der Waals surface area (Å²) in [6, 6.07) is 1.84. The van der Waals surface area contributed by atoms with Crippen molar-refractivity contribution < 1.29 is 18.6 Å². The highest BCUT2D eigenvalue weighted by Gasteiger charge is 2.42. The van der Waals surface area contributed by atoms with Crippen molar-refractivity contribution in [1.29, 1.82) is 0 Å². The first-order valence-corrected chi connectivity index (χ1v) is 6.58. The molecule has 5 heteroatoms. The minimum atomic E-state index is -0.477. The second-order valence-corrected chi connectivity index (χ2v) is 5.13. The van der Waals surface area contributed by atoms with Crippen LogP contribution in [0.15, 0.2) is 6.07 Å². The van der Waals surface area contributed by atoms with Gasteiger partial charge in [0.05, 0.1) is 7.11 Å². The van der Waals surface area contributed by atoms with Crippen molar-refractivity contribution in [2.45, 2.75) is 24.7 Å². The summed E-state index contributed by atoms with van der Waals surface area (Å²) in [6.07, 6.45) is 3.02. The smallest absolute Gasteiger partial charge is 0.211 e. The highest BCUT2D eigenvalue weighted by Crippen LogP contribution is 2.51. The standard InChI is InChI=1S/C14H18FNO3/c1-17-12-9(14(8-16)3-2-4-14)7-10-13(11(12)15)19-6-5-18-10/h7H,2-6,8,16H2,1H3. The third kappa shape index (κ3) is 1.75. The molecule has 0 radical (unpaired) electrons. The highest BCUT2D eigenvalue weighted by atomic mass is 19.1. The van der Waals surface area contributed by atoms with Crippen molar-refractivity contribution in [3.8, 4) is 17.2 Å². The summed E-state index contributed by atoms with van der Waals surface area (Å²) < 4.78 is 30.6. The molecule has 0 spiro atoms. The molecule has 0 bridgehead atoms. The molecule has 2 aliphatic rings. The van der Waals surface area contributed by atoms with E-state index in [0.29, 0.717) is 25.5 Å². The van der Waals surface area contributed by atoms with Crippen LogP contribution in [0.3, 0.4) is 0 Å². The molecule has 104 valence electrons. The molecule has 1 saturated carbocycles. The fraction of sp³-hybridized carbons (Fsp3) is 0.571. The van der Waals surface area contributed by atoms with Gasteiger partial charge >= 0.3 is 0 Å². The van der Waals surface area contributed by atoms with Gasteiger partial charge in [-0.15, -0.1) is 0 Å². The van der Waals surface area contributed by atoms with Gasteiger partial charge in [-0.25, -0.2) is 0 Å². The summed E-state index contributed by atoms with van der Waals surface area (Å²) in [4.78, 5) is 0. The number of methoxy groups -OCH3 is 1. The molecule has 0 saturated heterocycles. The summed E-state index contributed by atoms with van der Waals surface area (Å²) in [7, 11) is 1.47. The SMILES string of the molecule is COc1c(C2(CN)CCC2)cc2c(c1F)OCCO2. The molecule has 3 rings (SSSR count). The number of nitrogens with two attached hydrogens (primary N) is 1. The Bertz CT molecular complexity index is 494. The van der Waals surface area contributed by atoms with E-state index in [1.54, 1.807) is 0 Å². The Morgan fingerprint density at radius 2 is 2.11 bits per heavy atom. The van der Waals surface area contributed by atoms with Crippen molar-refractivity contribution in [2.24, 2.45) is 5.73 Å². The van der Waals surface area contributed by atoms with Gasteiger partial charge in [-0.05, 0) is 18.9 Å². The highest BCUT2D eigenvalue weighted by molar-refractivity contribution is 5.56. The Labute approximate surface area is 111 Å². The van der Waals surface area contributed by atoms with Gasteiger partial charge in [0.1, 0.15) is 13.2 Å². The topological polar surface area (TPSA) is 53.7 Å². The molecule has 0 atom stereocenters. The van der Waals surface area contributed by atoms with E-state index < -0.39 is 5.82 Å². The second kappa shape index (κ2) is 4.56. The van der Waals surface area contributed by atoms with Crippen molar-refractivity contribution in [1.82, 2.24) is 0 Å². The lowest BCUT2D eigenvalue weighted by Gasteiger charge is -2.42. The van der Waals surface area contributed by atoms with Crippen molar-refractivity contribution in [3.05, 3.63) is 17.4 Å². The minimum absolute atomic E-state index is 0.151. The first-order chi connectivity index (χ1) is 9.22. The second-order valence-electron chi connectivity index (χ2n) is 5.13. The van der Waals surface area contributed by atoms with E-state index in [1.165, 1.54) is 7.11 Å².